The molecule has 2 aromatic heterocycles. The minimum atomic E-state index is 0.536. The number of hydrogen-bond acceptors (Lipinski definition) is 2. The Balaban J connectivity index is 2.45. The molecule has 0 bridgehead atoms. The third-order valence-electron chi connectivity index (χ3n) is 1.48. The van der Waals surface area contributed by atoms with E-state index in [4.69, 9.17) is 11.6 Å². The van der Waals surface area contributed by atoms with Gasteiger partial charge in [-0.3, -0.25) is 4.98 Å². The van der Waals surface area contributed by atoms with Crippen molar-refractivity contribution in [2.24, 2.45) is 0 Å². The van der Waals surface area contributed by atoms with Crippen molar-refractivity contribution >= 4 is 11.6 Å². The summed E-state index contributed by atoms with van der Waals surface area (Å²) in [6.45, 7) is 0. The van der Waals surface area contributed by atoms with E-state index >= 15 is 0 Å². The fourth-order valence-corrected chi connectivity index (χ4v) is 1.09. The van der Waals surface area contributed by atoms with Crippen molar-refractivity contribution in [1.82, 2.24) is 15.0 Å². The number of nitrogens with zero attached hydrogens (tertiary/aromatic N) is 2. The third-order valence-corrected chi connectivity index (χ3v) is 1.67. The van der Waals surface area contributed by atoms with E-state index in [-0.39, 0.29) is 0 Å². The molecule has 1 N–H and O–H groups in total. The van der Waals surface area contributed by atoms with Crippen molar-refractivity contribution in [2.75, 3.05) is 0 Å². The van der Waals surface area contributed by atoms with Crippen LogP contribution in [0, 0.1) is 0 Å². The smallest absolute Gasteiger partial charge is 0.139 e. The van der Waals surface area contributed by atoms with Gasteiger partial charge < -0.3 is 4.98 Å². The largest absolute Gasteiger partial charge is 0.329 e. The van der Waals surface area contributed by atoms with Gasteiger partial charge in [-0.15, -0.1) is 0 Å². The van der Waals surface area contributed by atoms with Gasteiger partial charge >= 0.3 is 0 Å². The van der Waals surface area contributed by atoms with Gasteiger partial charge in [-0.25, -0.2) is 4.98 Å². The van der Waals surface area contributed by atoms with Gasteiger partial charge in [0, 0.05) is 18.0 Å². The average Bonchev–Trinajstić information content (AvgIpc) is 2.54. The molecule has 2 rings (SSSR count). The van der Waals surface area contributed by atoms with E-state index in [2.05, 4.69) is 15.0 Å². The first kappa shape index (κ1) is 7.31. The van der Waals surface area contributed by atoms with Crippen LogP contribution in [-0.4, -0.2) is 15.0 Å². The molecule has 0 aliphatic heterocycles. The van der Waals surface area contributed by atoms with Crippen molar-refractivity contribution in [3.8, 4) is 11.4 Å². The molecule has 0 radical (unpaired) electrons. The minimum absolute atomic E-state index is 0.536. The quantitative estimate of drug-likeness (QED) is 0.729. The summed E-state index contributed by atoms with van der Waals surface area (Å²) in [6.07, 6.45) is 5.02. The summed E-state index contributed by atoms with van der Waals surface area (Å²) in [4.78, 5) is 10.9. The zero-order valence-electron chi connectivity index (χ0n) is 6.16. The monoisotopic (exact) mass is 179 g/mol. The number of nitrogens with one attached hydrogen (secondary N) is 1. The number of aromatic amines is 1. The number of rotatable bonds is 1. The molecule has 0 saturated heterocycles. The van der Waals surface area contributed by atoms with Gasteiger partial charge in [-0.2, -0.15) is 0 Å². The Bertz CT molecular complexity index is 369. The van der Waals surface area contributed by atoms with E-state index < -0.39 is 0 Å². The lowest BCUT2D eigenvalue weighted by Gasteiger charge is -1.92. The van der Waals surface area contributed by atoms with Crippen molar-refractivity contribution in [3.63, 3.8) is 0 Å². The van der Waals surface area contributed by atoms with Crippen molar-refractivity contribution in [1.29, 1.82) is 0 Å². The maximum Gasteiger partial charge on any atom is 0.139 e. The molecule has 0 aromatic carbocycles. The molecular formula is C8H6ClN3. The standard InChI is InChI=1S/C8H6ClN3/c9-7-5-11-8(12-7)6-2-1-3-10-4-6/h1-5H,(H,11,12). The Morgan fingerprint density at radius 2 is 2.25 bits per heavy atom. The molecule has 2 aromatic rings. The molecule has 0 aliphatic carbocycles. The molecular weight excluding hydrogens is 174 g/mol. The van der Waals surface area contributed by atoms with Crippen LogP contribution in [-0.2, 0) is 0 Å². The Morgan fingerprint density at radius 3 is 2.83 bits per heavy atom. The first-order valence-electron chi connectivity index (χ1n) is 3.47. The van der Waals surface area contributed by atoms with Gasteiger partial charge in [0.15, 0.2) is 0 Å². The number of halogens is 1. The second-order valence-electron chi connectivity index (χ2n) is 2.32. The Morgan fingerprint density at radius 1 is 1.33 bits per heavy atom. The van der Waals surface area contributed by atoms with Crippen LogP contribution in [0.5, 0.6) is 0 Å². The molecule has 0 unspecified atom stereocenters. The molecule has 0 fully saturated rings. The highest BCUT2D eigenvalue weighted by Crippen LogP contribution is 2.15. The van der Waals surface area contributed by atoms with Crippen LogP contribution >= 0.6 is 11.6 Å². The fourth-order valence-electron chi connectivity index (χ4n) is 0.948. The van der Waals surface area contributed by atoms with Crippen LogP contribution in [0.1, 0.15) is 0 Å². The molecule has 4 heteroatoms. The topological polar surface area (TPSA) is 41.6 Å². The second kappa shape index (κ2) is 2.95. The number of pyridine rings is 1. The molecule has 3 nitrogen and oxygen atoms in total. The molecule has 0 atom stereocenters. The summed E-state index contributed by atoms with van der Waals surface area (Å²) >= 11 is 5.67. The van der Waals surface area contributed by atoms with Crippen LogP contribution in [0.2, 0.25) is 5.15 Å². The van der Waals surface area contributed by atoms with Crippen LogP contribution in [0.25, 0.3) is 11.4 Å². The van der Waals surface area contributed by atoms with Gasteiger partial charge in [0.1, 0.15) is 11.0 Å². The van der Waals surface area contributed by atoms with E-state index in [1.165, 1.54) is 0 Å². The SMILES string of the molecule is Clc1cnc(-c2cccnc2)[nH]1. The van der Waals surface area contributed by atoms with Crippen LogP contribution in [0.3, 0.4) is 0 Å². The lowest BCUT2D eigenvalue weighted by molar-refractivity contribution is 1.26. The lowest BCUT2D eigenvalue weighted by atomic mass is 10.3. The average molecular weight is 180 g/mol. The highest BCUT2D eigenvalue weighted by atomic mass is 35.5. The normalized spacial score (nSPS) is 10.1. The first-order chi connectivity index (χ1) is 5.86. The van der Waals surface area contributed by atoms with E-state index in [0.717, 1.165) is 11.4 Å². The number of imidazole rings is 1. The maximum atomic E-state index is 5.67. The number of hydrogen-bond donors (Lipinski definition) is 1. The van der Waals surface area contributed by atoms with E-state index in [9.17, 15) is 0 Å². The maximum absolute atomic E-state index is 5.67. The minimum Gasteiger partial charge on any atom is -0.329 e. The molecule has 0 saturated carbocycles. The van der Waals surface area contributed by atoms with Gasteiger partial charge in [0.25, 0.3) is 0 Å². The summed E-state index contributed by atoms with van der Waals surface area (Å²) < 4.78 is 0. The van der Waals surface area contributed by atoms with Crippen molar-refractivity contribution in [2.45, 2.75) is 0 Å². The molecule has 2 heterocycles. The van der Waals surface area contributed by atoms with E-state index in [1.54, 1.807) is 18.6 Å². The molecule has 12 heavy (non-hydrogen) atoms. The van der Waals surface area contributed by atoms with E-state index in [0.29, 0.717) is 5.15 Å². The van der Waals surface area contributed by atoms with Crippen LogP contribution in [0.4, 0.5) is 0 Å². The first-order valence-corrected chi connectivity index (χ1v) is 3.85. The zero-order chi connectivity index (χ0) is 8.39. The van der Waals surface area contributed by atoms with Crippen molar-refractivity contribution in [3.05, 3.63) is 35.9 Å². The van der Waals surface area contributed by atoms with E-state index in [1.807, 2.05) is 12.1 Å². The lowest BCUT2D eigenvalue weighted by Crippen LogP contribution is -1.80. The predicted octanol–water partition coefficient (Wildman–Crippen LogP) is 2.13. The molecule has 0 aliphatic rings. The van der Waals surface area contributed by atoms with Gasteiger partial charge in [-0.05, 0) is 12.1 Å². The molecule has 0 amide bonds. The number of aromatic nitrogens is 3. The fraction of sp³-hybridized carbons (Fsp3) is 0. The third kappa shape index (κ3) is 1.31. The zero-order valence-corrected chi connectivity index (χ0v) is 6.92. The summed E-state index contributed by atoms with van der Waals surface area (Å²) in [7, 11) is 0. The van der Waals surface area contributed by atoms with Gasteiger partial charge in [0.05, 0.1) is 6.20 Å². The summed E-state index contributed by atoms with van der Waals surface area (Å²) in [5, 5.41) is 0.536. The highest BCUT2D eigenvalue weighted by molar-refractivity contribution is 6.29. The van der Waals surface area contributed by atoms with Gasteiger partial charge in [0.2, 0.25) is 0 Å². The summed E-state index contributed by atoms with van der Waals surface area (Å²) in [5.41, 5.74) is 0.935. The molecule has 0 spiro atoms. The number of H-pyrrole nitrogens is 1. The highest BCUT2D eigenvalue weighted by Gasteiger charge is 2.00. The summed E-state index contributed by atoms with van der Waals surface area (Å²) in [6, 6.07) is 3.77. The predicted molar refractivity (Wildman–Crippen MR) is 46.8 cm³/mol. The summed E-state index contributed by atoms with van der Waals surface area (Å²) in [5.74, 6) is 0.744. The Kier molecular flexibility index (Phi) is 1.80. The van der Waals surface area contributed by atoms with Crippen LogP contribution in [0.15, 0.2) is 30.7 Å². The second-order valence-corrected chi connectivity index (χ2v) is 2.73. The Labute approximate surface area is 74.4 Å². The van der Waals surface area contributed by atoms with Crippen molar-refractivity contribution < 1.29 is 0 Å². The Hall–Kier alpha value is -1.35. The van der Waals surface area contributed by atoms with Crippen LogP contribution < -0.4 is 0 Å². The molecule has 60 valence electrons. The van der Waals surface area contributed by atoms with Gasteiger partial charge in [-0.1, -0.05) is 11.6 Å².